The molecule has 0 aliphatic rings. The smallest absolute Gasteiger partial charge is 0.321 e. The van der Waals surface area contributed by atoms with Crippen LogP contribution in [0.15, 0.2) is 76.5 Å². The average Bonchev–Trinajstić information content (AvgIpc) is 3.52. The van der Waals surface area contributed by atoms with E-state index in [0.717, 1.165) is 22.6 Å². The van der Waals surface area contributed by atoms with Crippen molar-refractivity contribution in [3.63, 3.8) is 0 Å². The highest BCUT2D eigenvalue weighted by Crippen LogP contribution is 2.26. The lowest BCUT2D eigenvalue weighted by Crippen LogP contribution is -2.39. The van der Waals surface area contributed by atoms with Crippen LogP contribution in [0.2, 0.25) is 0 Å². The number of benzene rings is 2. The van der Waals surface area contributed by atoms with Crippen LogP contribution in [-0.4, -0.2) is 32.5 Å². The Morgan fingerprint density at radius 3 is 2.49 bits per heavy atom. The van der Waals surface area contributed by atoms with Crippen LogP contribution in [0, 0.1) is 13.8 Å². The fourth-order valence-corrected chi connectivity index (χ4v) is 4.18. The van der Waals surface area contributed by atoms with Crippen molar-refractivity contribution in [1.29, 1.82) is 0 Å². The number of hydrogen-bond acceptors (Lipinski definition) is 7. The minimum absolute atomic E-state index is 0.0170. The van der Waals surface area contributed by atoms with Crippen molar-refractivity contribution in [2.24, 2.45) is 0 Å². The Bertz CT molecular complexity index is 1270. The third-order valence-corrected chi connectivity index (χ3v) is 5.99. The van der Waals surface area contributed by atoms with Crippen molar-refractivity contribution in [3.8, 4) is 11.4 Å². The van der Waals surface area contributed by atoms with Gasteiger partial charge in [0.25, 0.3) is 0 Å². The first-order valence-corrected chi connectivity index (χ1v) is 11.9. The summed E-state index contributed by atoms with van der Waals surface area (Å²) >= 11 is 1.18. The Morgan fingerprint density at radius 2 is 1.77 bits per heavy atom. The molecule has 3 amide bonds. The normalized spacial score (nSPS) is 10.7. The Labute approximate surface area is 206 Å². The monoisotopic (exact) mass is 491 g/mol. The van der Waals surface area contributed by atoms with Crippen LogP contribution in [0.1, 0.15) is 22.7 Å². The summed E-state index contributed by atoms with van der Waals surface area (Å²) < 4.78 is 13.1. The second-order valence-electron chi connectivity index (χ2n) is 7.68. The predicted molar refractivity (Wildman–Crippen MR) is 131 cm³/mol. The number of urea groups is 1. The molecule has 0 aliphatic heterocycles. The van der Waals surface area contributed by atoms with E-state index in [1.54, 1.807) is 12.1 Å². The van der Waals surface area contributed by atoms with E-state index in [-0.39, 0.29) is 18.9 Å². The average molecular weight is 492 g/mol. The molecule has 35 heavy (non-hydrogen) atoms. The van der Waals surface area contributed by atoms with Gasteiger partial charge in [0.05, 0.1) is 18.6 Å². The summed E-state index contributed by atoms with van der Waals surface area (Å²) in [4.78, 5) is 24.3. The fourth-order valence-electron chi connectivity index (χ4n) is 3.40. The molecule has 0 aliphatic carbocycles. The lowest BCUT2D eigenvalue weighted by atomic mass is 10.1. The molecule has 0 saturated heterocycles. The molecule has 9 nitrogen and oxygen atoms in total. The van der Waals surface area contributed by atoms with Crippen LogP contribution in [0.5, 0.6) is 5.75 Å². The Balaban J connectivity index is 1.42. The van der Waals surface area contributed by atoms with E-state index < -0.39 is 11.9 Å². The van der Waals surface area contributed by atoms with Crippen LogP contribution in [0.4, 0.5) is 4.79 Å². The van der Waals surface area contributed by atoms with Crippen LogP contribution < -0.4 is 15.4 Å². The van der Waals surface area contributed by atoms with E-state index in [9.17, 15) is 9.59 Å². The minimum atomic E-state index is -0.598. The lowest BCUT2D eigenvalue weighted by Gasteiger charge is -2.13. The quantitative estimate of drug-likeness (QED) is 0.338. The molecule has 0 bridgehead atoms. The first-order chi connectivity index (χ1) is 17.0. The van der Waals surface area contributed by atoms with E-state index >= 15 is 0 Å². The summed E-state index contributed by atoms with van der Waals surface area (Å²) in [7, 11) is 0. The van der Waals surface area contributed by atoms with Crippen molar-refractivity contribution in [2.75, 3.05) is 5.75 Å². The molecule has 0 atom stereocenters. The number of hydrogen-bond donors (Lipinski definition) is 2. The number of thioether (sulfide) groups is 1. The van der Waals surface area contributed by atoms with Gasteiger partial charge in [-0.25, -0.2) is 4.79 Å². The molecule has 10 heteroatoms. The second-order valence-corrected chi connectivity index (χ2v) is 8.62. The summed E-state index contributed by atoms with van der Waals surface area (Å²) in [6.45, 7) is 4.38. The molecule has 2 heterocycles. The van der Waals surface area contributed by atoms with Gasteiger partial charge in [0.15, 0.2) is 11.0 Å². The maximum Gasteiger partial charge on any atom is 0.321 e. The number of nitrogens with one attached hydrogen (secondary N) is 2. The summed E-state index contributed by atoms with van der Waals surface area (Å²) in [5, 5.41) is 14.0. The van der Waals surface area contributed by atoms with Gasteiger partial charge in [0, 0.05) is 5.69 Å². The first-order valence-electron chi connectivity index (χ1n) is 10.9. The van der Waals surface area contributed by atoms with Gasteiger partial charge in [0.1, 0.15) is 18.1 Å². The molecule has 0 saturated carbocycles. The maximum atomic E-state index is 12.3. The van der Waals surface area contributed by atoms with E-state index in [2.05, 4.69) is 20.8 Å². The molecule has 4 rings (SSSR count). The number of aryl methyl sites for hydroxylation is 2. The van der Waals surface area contributed by atoms with Gasteiger partial charge in [-0.15, -0.1) is 10.2 Å². The standard InChI is InChI=1S/C25H25N5O4S/c1-17-8-6-9-18(2)23(17)34-15-21-28-29-25(30(21)19-10-4-3-5-11-19)35-16-22(31)27-24(32)26-14-20-12-7-13-33-20/h3-13H,14-16H2,1-2H3,(H2,26,27,31,32). The van der Waals surface area contributed by atoms with Crippen molar-refractivity contribution in [1.82, 2.24) is 25.4 Å². The number of amides is 3. The van der Waals surface area contributed by atoms with E-state index in [1.165, 1.54) is 18.0 Å². The van der Waals surface area contributed by atoms with E-state index in [1.807, 2.05) is 66.9 Å². The topological polar surface area (TPSA) is 111 Å². The molecular formula is C25H25N5O4S. The van der Waals surface area contributed by atoms with E-state index in [0.29, 0.717) is 16.7 Å². The number of carbonyl (C=O) groups is 2. The van der Waals surface area contributed by atoms with Gasteiger partial charge in [-0.05, 0) is 49.2 Å². The zero-order valence-electron chi connectivity index (χ0n) is 19.4. The van der Waals surface area contributed by atoms with Crippen molar-refractivity contribution >= 4 is 23.7 Å². The molecule has 180 valence electrons. The Morgan fingerprint density at radius 1 is 1.00 bits per heavy atom. The number of rotatable bonds is 9. The highest BCUT2D eigenvalue weighted by Gasteiger charge is 2.18. The molecule has 4 aromatic rings. The summed E-state index contributed by atoms with van der Waals surface area (Å²) in [5.41, 5.74) is 2.91. The third-order valence-electron chi connectivity index (χ3n) is 5.06. The molecule has 0 radical (unpaired) electrons. The molecule has 0 fully saturated rings. The van der Waals surface area contributed by atoms with Gasteiger partial charge < -0.3 is 14.5 Å². The van der Waals surface area contributed by atoms with E-state index in [4.69, 9.17) is 9.15 Å². The lowest BCUT2D eigenvalue weighted by molar-refractivity contribution is -0.117. The van der Waals surface area contributed by atoms with Gasteiger partial charge in [-0.2, -0.15) is 0 Å². The number of nitrogens with zero attached hydrogens (tertiary/aromatic N) is 3. The number of carbonyl (C=O) groups excluding carboxylic acids is 2. The molecule has 0 unspecified atom stereocenters. The van der Waals surface area contributed by atoms with Crippen LogP contribution in [0.3, 0.4) is 0 Å². The molecule has 2 aromatic carbocycles. The number of ether oxygens (including phenoxy) is 1. The number of para-hydroxylation sites is 2. The van der Waals surface area contributed by atoms with Gasteiger partial charge in [-0.3, -0.25) is 14.7 Å². The van der Waals surface area contributed by atoms with Gasteiger partial charge in [0.2, 0.25) is 5.91 Å². The molecule has 2 aromatic heterocycles. The third kappa shape index (κ3) is 6.30. The SMILES string of the molecule is Cc1cccc(C)c1OCc1nnc(SCC(=O)NC(=O)NCc2ccco2)n1-c1ccccc1. The van der Waals surface area contributed by atoms with Crippen LogP contribution in [-0.2, 0) is 17.9 Å². The van der Waals surface area contributed by atoms with Crippen molar-refractivity contribution in [2.45, 2.75) is 32.2 Å². The molecular weight excluding hydrogens is 466 g/mol. The van der Waals surface area contributed by atoms with Crippen molar-refractivity contribution < 1.29 is 18.7 Å². The first kappa shape index (κ1) is 24.1. The van der Waals surface area contributed by atoms with Gasteiger partial charge in [-0.1, -0.05) is 48.2 Å². The fraction of sp³-hybridized carbons (Fsp3) is 0.200. The van der Waals surface area contributed by atoms with Crippen LogP contribution >= 0.6 is 11.8 Å². The van der Waals surface area contributed by atoms with Gasteiger partial charge >= 0.3 is 6.03 Å². The summed E-state index contributed by atoms with van der Waals surface area (Å²) in [5.74, 6) is 1.52. The zero-order chi connectivity index (χ0) is 24.6. The number of imide groups is 1. The Kier molecular flexibility index (Phi) is 7.84. The number of furan rings is 1. The second kappa shape index (κ2) is 11.4. The maximum absolute atomic E-state index is 12.3. The highest BCUT2D eigenvalue weighted by atomic mass is 32.2. The highest BCUT2D eigenvalue weighted by molar-refractivity contribution is 7.99. The zero-order valence-corrected chi connectivity index (χ0v) is 20.2. The molecule has 0 spiro atoms. The number of aromatic nitrogens is 3. The van der Waals surface area contributed by atoms with Crippen LogP contribution in [0.25, 0.3) is 5.69 Å². The summed E-state index contributed by atoms with van der Waals surface area (Å²) in [6.07, 6.45) is 1.51. The molecule has 2 N–H and O–H groups in total. The largest absolute Gasteiger partial charge is 0.485 e. The van der Waals surface area contributed by atoms with Crippen molar-refractivity contribution in [3.05, 3.63) is 89.6 Å². The minimum Gasteiger partial charge on any atom is -0.485 e. The summed E-state index contributed by atoms with van der Waals surface area (Å²) in [6, 6.07) is 18.4. The predicted octanol–water partition coefficient (Wildman–Crippen LogP) is 4.17. The Hall–Kier alpha value is -4.05.